The number of nitrogens with zero attached hydrogens (tertiary/aromatic N) is 2. The largest absolute Gasteiger partial charge is 0.488 e. The second-order valence-corrected chi connectivity index (χ2v) is 2.44. The van der Waals surface area contributed by atoms with Crippen LogP contribution in [0.25, 0.3) is 0 Å². The predicted octanol–water partition coefficient (Wildman–Crippen LogP) is 0.846. The molecule has 0 aliphatic carbocycles. The van der Waals surface area contributed by atoms with Gasteiger partial charge in [-0.1, -0.05) is 0 Å². The molecule has 2 N–H and O–H groups in total. The number of hydrogen-bond donors (Lipinski definition) is 1. The average molecular weight is 153 g/mol. The van der Waals surface area contributed by atoms with Gasteiger partial charge in [-0.2, -0.15) is 0 Å². The van der Waals surface area contributed by atoms with Crippen LogP contribution in [0.4, 0.5) is 5.95 Å². The molecule has 0 atom stereocenters. The van der Waals surface area contributed by atoms with Crippen molar-refractivity contribution in [3.05, 3.63) is 12.4 Å². The third-order valence-electron chi connectivity index (χ3n) is 1.02. The van der Waals surface area contributed by atoms with Crippen molar-refractivity contribution >= 4 is 5.95 Å². The number of nitrogen functional groups attached to an aromatic ring is 1. The fourth-order valence-electron chi connectivity index (χ4n) is 0.659. The Bertz CT molecular complexity index is 220. The Balaban J connectivity index is 2.66. The van der Waals surface area contributed by atoms with Crippen LogP contribution in [0, 0.1) is 0 Å². The fourth-order valence-corrected chi connectivity index (χ4v) is 0.659. The van der Waals surface area contributed by atoms with Crippen molar-refractivity contribution in [2.75, 3.05) is 5.73 Å². The first-order valence-corrected chi connectivity index (χ1v) is 3.42. The molecular weight excluding hydrogens is 142 g/mol. The van der Waals surface area contributed by atoms with Gasteiger partial charge in [-0.25, -0.2) is 9.97 Å². The minimum absolute atomic E-state index is 0.141. The molecular formula is C7H11N3O. The van der Waals surface area contributed by atoms with E-state index in [2.05, 4.69) is 9.97 Å². The Morgan fingerprint density at radius 1 is 1.36 bits per heavy atom. The zero-order chi connectivity index (χ0) is 8.27. The quantitative estimate of drug-likeness (QED) is 0.684. The van der Waals surface area contributed by atoms with Crippen LogP contribution in [0.15, 0.2) is 12.4 Å². The first-order valence-electron chi connectivity index (χ1n) is 3.42. The summed E-state index contributed by atoms with van der Waals surface area (Å²) >= 11 is 0. The Labute approximate surface area is 65.4 Å². The number of nitrogens with two attached hydrogens (primary N) is 1. The van der Waals surface area contributed by atoms with Crippen LogP contribution in [0.2, 0.25) is 0 Å². The molecule has 0 bridgehead atoms. The van der Waals surface area contributed by atoms with E-state index >= 15 is 0 Å². The first-order chi connectivity index (χ1) is 5.18. The van der Waals surface area contributed by atoms with Crippen LogP contribution in [-0.2, 0) is 0 Å². The minimum atomic E-state index is 0.141. The molecule has 1 rings (SSSR count). The van der Waals surface area contributed by atoms with Crippen LogP contribution >= 0.6 is 0 Å². The van der Waals surface area contributed by atoms with Crippen LogP contribution in [0.3, 0.4) is 0 Å². The van der Waals surface area contributed by atoms with Crippen molar-refractivity contribution in [1.29, 1.82) is 0 Å². The van der Waals surface area contributed by atoms with Gasteiger partial charge in [0.1, 0.15) is 0 Å². The molecule has 4 heteroatoms. The minimum Gasteiger partial charge on any atom is -0.488 e. The average Bonchev–Trinajstić information content (AvgIpc) is 1.93. The standard InChI is InChI=1S/C7H11N3O/c1-5(2)11-6-3-9-7(8)10-4-6/h3-5H,1-2H3,(H2,8,9,10). The summed E-state index contributed by atoms with van der Waals surface area (Å²) in [7, 11) is 0. The third kappa shape index (κ3) is 2.41. The van der Waals surface area contributed by atoms with Gasteiger partial charge >= 0.3 is 0 Å². The van der Waals surface area contributed by atoms with E-state index in [0.717, 1.165) is 0 Å². The zero-order valence-electron chi connectivity index (χ0n) is 6.61. The smallest absolute Gasteiger partial charge is 0.220 e. The van der Waals surface area contributed by atoms with E-state index in [0.29, 0.717) is 5.75 Å². The van der Waals surface area contributed by atoms with E-state index in [-0.39, 0.29) is 12.1 Å². The lowest BCUT2D eigenvalue weighted by molar-refractivity contribution is 0.240. The van der Waals surface area contributed by atoms with Crippen molar-refractivity contribution < 1.29 is 4.74 Å². The van der Waals surface area contributed by atoms with Gasteiger partial charge in [0.15, 0.2) is 5.75 Å². The maximum atomic E-state index is 5.29. The van der Waals surface area contributed by atoms with Crippen LogP contribution in [-0.4, -0.2) is 16.1 Å². The third-order valence-corrected chi connectivity index (χ3v) is 1.02. The SMILES string of the molecule is CC(C)Oc1cnc(N)nc1. The molecule has 0 saturated carbocycles. The molecule has 0 unspecified atom stereocenters. The number of aromatic nitrogens is 2. The summed E-state index contributed by atoms with van der Waals surface area (Å²) in [5, 5.41) is 0. The lowest BCUT2D eigenvalue weighted by atomic mass is 10.5. The van der Waals surface area contributed by atoms with Crippen LogP contribution in [0.1, 0.15) is 13.8 Å². The molecule has 11 heavy (non-hydrogen) atoms. The molecule has 0 radical (unpaired) electrons. The van der Waals surface area contributed by atoms with Crippen LogP contribution < -0.4 is 10.5 Å². The summed E-state index contributed by atoms with van der Waals surface area (Å²) in [6.07, 6.45) is 3.26. The lowest BCUT2D eigenvalue weighted by Crippen LogP contribution is -2.06. The van der Waals surface area contributed by atoms with Crippen molar-refractivity contribution in [2.24, 2.45) is 0 Å². The summed E-state index contributed by atoms with van der Waals surface area (Å²) in [4.78, 5) is 7.55. The highest BCUT2D eigenvalue weighted by atomic mass is 16.5. The number of hydrogen-bond acceptors (Lipinski definition) is 4. The Kier molecular flexibility index (Phi) is 2.25. The fraction of sp³-hybridized carbons (Fsp3) is 0.429. The number of anilines is 1. The maximum Gasteiger partial charge on any atom is 0.220 e. The zero-order valence-corrected chi connectivity index (χ0v) is 6.61. The van der Waals surface area contributed by atoms with Gasteiger partial charge in [0.25, 0.3) is 0 Å². The topological polar surface area (TPSA) is 61.0 Å². The van der Waals surface area contributed by atoms with E-state index < -0.39 is 0 Å². The van der Waals surface area contributed by atoms with E-state index in [1.165, 1.54) is 0 Å². The van der Waals surface area contributed by atoms with E-state index in [9.17, 15) is 0 Å². The van der Waals surface area contributed by atoms with Gasteiger partial charge in [-0.15, -0.1) is 0 Å². The molecule has 60 valence electrons. The van der Waals surface area contributed by atoms with Crippen molar-refractivity contribution in [1.82, 2.24) is 9.97 Å². The van der Waals surface area contributed by atoms with E-state index in [1.54, 1.807) is 12.4 Å². The summed E-state index contributed by atoms with van der Waals surface area (Å²) in [6.45, 7) is 3.88. The van der Waals surface area contributed by atoms with Crippen molar-refractivity contribution in [3.8, 4) is 5.75 Å². The molecule has 0 spiro atoms. The van der Waals surface area contributed by atoms with Crippen molar-refractivity contribution in [3.63, 3.8) is 0 Å². The van der Waals surface area contributed by atoms with E-state index in [4.69, 9.17) is 10.5 Å². The highest BCUT2D eigenvalue weighted by Gasteiger charge is 1.96. The van der Waals surface area contributed by atoms with Gasteiger partial charge < -0.3 is 10.5 Å². The van der Waals surface area contributed by atoms with Gasteiger partial charge in [0.2, 0.25) is 5.95 Å². The van der Waals surface area contributed by atoms with Gasteiger partial charge in [-0.3, -0.25) is 0 Å². The second-order valence-electron chi connectivity index (χ2n) is 2.44. The Morgan fingerprint density at radius 2 is 1.91 bits per heavy atom. The van der Waals surface area contributed by atoms with Crippen molar-refractivity contribution in [2.45, 2.75) is 20.0 Å². The molecule has 0 aliphatic heterocycles. The second kappa shape index (κ2) is 3.18. The summed E-state index contributed by atoms with van der Waals surface area (Å²) in [5.74, 6) is 0.912. The maximum absolute atomic E-state index is 5.29. The number of ether oxygens (including phenoxy) is 1. The lowest BCUT2D eigenvalue weighted by Gasteiger charge is -2.07. The molecule has 0 fully saturated rings. The van der Waals surface area contributed by atoms with Gasteiger partial charge in [0.05, 0.1) is 18.5 Å². The molecule has 1 aromatic heterocycles. The summed E-state index contributed by atoms with van der Waals surface area (Å²) in [6, 6.07) is 0. The highest BCUT2D eigenvalue weighted by Crippen LogP contribution is 2.08. The van der Waals surface area contributed by atoms with Gasteiger partial charge in [0, 0.05) is 0 Å². The molecule has 1 aromatic rings. The molecule has 1 heterocycles. The normalized spacial score (nSPS) is 10.1. The molecule has 0 saturated heterocycles. The Morgan fingerprint density at radius 3 is 2.36 bits per heavy atom. The molecule has 0 aromatic carbocycles. The number of rotatable bonds is 2. The molecule has 4 nitrogen and oxygen atoms in total. The summed E-state index contributed by atoms with van der Waals surface area (Å²) in [5.41, 5.74) is 5.28. The highest BCUT2D eigenvalue weighted by molar-refractivity contribution is 5.21. The predicted molar refractivity (Wildman–Crippen MR) is 42.2 cm³/mol. The molecule has 0 amide bonds. The monoisotopic (exact) mass is 153 g/mol. The van der Waals surface area contributed by atoms with E-state index in [1.807, 2.05) is 13.8 Å². The van der Waals surface area contributed by atoms with Crippen LogP contribution in [0.5, 0.6) is 5.75 Å². The Hall–Kier alpha value is -1.32. The molecule has 0 aliphatic rings. The summed E-state index contributed by atoms with van der Waals surface area (Å²) < 4.78 is 5.29. The first kappa shape index (κ1) is 7.78. The van der Waals surface area contributed by atoms with Gasteiger partial charge in [-0.05, 0) is 13.8 Å².